The minimum Gasteiger partial charge on any atom is -0.308 e. The molecule has 12 aromatic rings. The Morgan fingerprint density at radius 3 is 0.821 bits per heavy atom. The maximum Gasteiger partial charge on any atom is 0.417 e. The van der Waals surface area contributed by atoms with Gasteiger partial charge in [-0.1, -0.05) is 103 Å². The van der Waals surface area contributed by atoms with E-state index in [1.54, 1.807) is 60.7 Å². The predicted molar refractivity (Wildman–Crippen MR) is 296 cm³/mol. The molecule has 11 heteroatoms. The summed E-state index contributed by atoms with van der Waals surface area (Å²) >= 11 is 0. The van der Waals surface area contributed by atoms with Crippen LogP contribution in [0.4, 0.5) is 13.2 Å². The van der Waals surface area contributed by atoms with Gasteiger partial charge < -0.3 is 9.13 Å². The van der Waals surface area contributed by atoms with Crippen LogP contribution in [0, 0.1) is 68.0 Å². The number of nitriles is 6. The lowest BCUT2D eigenvalue weighted by Crippen LogP contribution is -2.11. The average molecular weight is 1010 g/mol. The first kappa shape index (κ1) is 47.5. The molecule has 12 rings (SSSR count). The molecule has 0 aliphatic rings. The lowest BCUT2D eigenvalue weighted by Gasteiger charge is -2.23. The molecule has 0 fully saturated rings. The fourth-order valence-corrected chi connectivity index (χ4v) is 10.6. The van der Waals surface area contributed by atoms with Gasteiger partial charge in [-0.2, -0.15) is 44.7 Å². The quantitative estimate of drug-likeness (QED) is 0.155. The maximum atomic E-state index is 16.1. The van der Waals surface area contributed by atoms with Gasteiger partial charge in [-0.05, 0) is 147 Å². The van der Waals surface area contributed by atoms with Crippen LogP contribution in [0.3, 0.4) is 0 Å². The van der Waals surface area contributed by atoms with E-state index in [1.165, 1.54) is 12.1 Å². The van der Waals surface area contributed by atoms with Gasteiger partial charge in [0.2, 0.25) is 0 Å². The third-order valence-electron chi connectivity index (χ3n) is 14.4. The number of alkyl halides is 3. The van der Waals surface area contributed by atoms with Crippen molar-refractivity contribution >= 4 is 43.6 Å². The number of hydrogen-bond acceptors (Lipinski definition) is 6. The highest BCUT2D eigenvalue weighted by Gasteiger charge is 2.36. The van der Waals surface area contributed by atoms with E-state index in [-0.39, 0.29) is 33.6 Å². The zero-order valence-corrected chi connectivity index (χ0v) is 40.8. The molecule has 0 spiro atoms. The lowest BCUT2D eigenvalue weighted by molar-refractivity contribution is -0.137. The van der Waals surface area contributed by atoms with Crippen LogP contribution in [0.2, 0.25) is 0 Å². The molecule has 2 aromatic heterocycles. The van der Waals surface area contributed by atoms with E-state index in [9.17, 15) is 31.6 Å². The molecule has 8 nitrogen and oxygen atoms in total. The molecule has 362 valence electrons. The Morgan fingerprint density at radius 2 is 0.551 bits per heavy atom. The number of hydrogen-bond donors (Lipinski definition) is 0. The molecule has 0 unspecified atom stereocenters. The van der Waals surface area contributed by atoms with Crippen LogP contribution < -0.4 is 0 Å². The zero-order valence-electron chi connectivity index (χ0n) is 40.8. The molecule has 0 aliphatic carbocycles. The fraction of sp³-hybridized carbons (Fsp3) is 0.0149. The summed E-state index contributed by atoms with van der Waals surface area (Å²) in [5.74, 6) is 0. The van der Waals surface area contributed by atoms with Crippen LogP contribution in [-0.2, 0) is 6.18 Å². The standard InChI is InChI=1S/C67H33F3N8/c68-67(69,70)59-27-44(38-75)9-22-58(59)66-64(77-60-30-50(46-10-1-40(34-71)2-11-46)18-23-54(60)55-24-19-51(31-61(55)77)47-12-3-41(35-72)4-13-47)28-45(39-76)29-65(66)78-62-32-52(48-14-5-42(36-73)6-15-48)20-25-56(62)57-26-21-53(33-63(57)78)49-16-7-43(37-74)8-17-49/h1-33H. The molecule has 0 saturated carbocycles. The Kier molecular flexibility index (Phi) is 11.4. The third-order valence-corrected chi connectivity index (χ3v) is 14.4. The number of aromatic nitrogens is 2. The summed E-state index contributed by atoms with van der Waals surface area (Å²) in [5.41, 5.74) is 9.59. The monoisotopic (exact) mass is 1010 g/mol. The summed E-state index contributed by atoms with van der Waals surface area (Å²) in [6, 6.07) is 71.6. The van der Waals surface area contributed by atoms with Gasteiger partial charge in [0, 0.05) is 27.1 Å². The van der Waals surface area contributed by atoms with Gasteiger partial charge in [0.25, 0.3) is 0 Å². The summed E-state index contributed by atoms with van der Waals surface area (Å²) in [5, 5.41) is 63.0. The van der Waals surface area contributed by atoms with Gasteiger partial charge in [-0.15, -0.1) is 0 Å². The smallest absolute Gasteiger partial charge is 0.308 e. The second kappa shape index (κ2) is 18.8. The Bertz CT molecular complexity index is 4260. The molecule has 78 heavy (non-hydrogen) atoms. The highest BCUT2D eigenvalue weighted by atomic mass is 19.4. The van der Waals surface area contributed by atoms with Crippen LogP contribution in [0.1, 0.15) is 38.9 Å². The van der Waals surface area contributed by atoms with Crippen molar-refractivity contribution in [1.82, 2.24) is 9.13 Å². The van der Waals surface area contributed by atoms with E-state index in [2.05, 4.69) is 30.3 Å². The molecule has 0 bridgehead atoms. The molecule has 0 aliphatic heterocycles. The first-order chi connectivity index (χ1) is 38.0. The van der Waals surface area contributed by atoms with Crippen molar-refractivity contribution in [2.45, 2.75) is 6.18 Å². The minimum absolute atomic E-state index is 0.100. The molecule has 0 atom stereocenters. The van der Waals surface area contributed by atoms with Crippen LogP contribution in [0.5, 0.6) is 0 Å². The summed E-state index contributed by atoms with van der Waals surface area (Å²) in [4.78, 5) is 0. The third kappa shape index (κ3) is 8.08. The van der Waals surface area contributed by atoms with E-state index in [0.717, 1.165) is 72.1 Å². The second-order valence-corrected chi connectivity index (χ2v) is 18.7. The zero-order chi connectivity index (χ0) is 53.8. The van der Waals surface area contributed by atoms with Crippen LogP contribution in [0.25, 0.3) is 111 Å². The predicted octanol–water partition coefficient (Wildman–Crippen LogP) is 16.5. The van der Waals surface area contributed by atoms with Crippen molar-refractivity contribution < 1.29 is 13.2 Å². The van der Waals surface area contributed by atoms with E-state index in [0.29, 0.717) is 44.3 Å². The van der Waals surface area contributed by atoms with Crippen LogP contribution in [-0.4, -0.2) is 9.13 Å². The van der Waals surface area contributed by atoms with Crippen molar-refractivity contribution in [2.24, 2.45) is 0 Å². The first-order valence-electron chi connectivity index (χ1n) is 24.4. The van der Waals surface area contributed by atoms with Crippen molar-refractivity contribution in [3.05, 3.63) is 239 Å². The SMILES string of the molecule is N#Cc1ccc(-c2ccc3c4ccc(-c5ccc(C#N)cc5)cc4n(-c4cc(C#N)cc(-n5c6cc(-c7ccc(C#N)cc7)ccc6c6ccc(-c7ccc(C#N)cc7)cc65)c4-c4ccc(C#N)cc4C(F)(F)F)c3c2)cc1. The number of benzene rings is 10. The Hall–Kier alpha value is -11.5. The molecule has 0 saturated heterocycles. The molecule has 2 heterocycles. The molecular formula is C67H33F3N8. The number of nitrogens with zero attached hydrogens (tertiary/aromatic N) is 8. The Balaban J connectivity index is 1.27. The van der Waals surface area contributed by atoms with Crippen molar-refractivity contribution in [3.8, 4) is 103 Å². The normalized spacial score (nSPS) is 11.2. The molecule has 0 radical (unpaired) electrons. The van der Waals surface area contributed by atoms with Crippen LogP contribution in [0.15, 0.2) is 200 Å². The topological polar surface area (TPSA) is 153 Å². The summed E-state index contributed by atoms with van der Waals surface area (Å²) in [7, 11) is 0. The van der Waals surface area contributed by atoms with Crippen molar-refractivity contribution in [2.75, 3.05) is 0 Å². The fourth-order valence-electron chi connectivity index (χ4n) is 10.6. The van der Waals surface area contributed by atoms with Crippen molar-refractivity contribution in [1.29, 1.82) is 31.6 Å². The number of halogens is 3. The average Bonchev–Trinajstić information content (AvgIpc) is 4.22. The largest absolute Gasteiger partial charge is 0.417 e. The van der Waals surface area contributed by atoms with Crippen molar-refractivity contribution in [3.63, 3.8) is 0 Å². The molecule has 0 N–H and O–H groups in total. The Labute approximate surface area is 444 Å². The van der Waals surface area contributed by atoms with Crippen LogP contribution >= 0.6 is 0 Å². The molecular weight excluding hydrogens is 974 g/mol. The number of rotatable bonds is 7. The maximum absolute atomic E-state index is 16.1. The van der Waals surface area contributed by atoms with Gasteiger partial charge in [0.15, 0.2) is 0 Å². The van der Waals surface area contributed by atoms with Gasteiger partial charge >= 0.3 is 6.18 Å². The molecule has 0 amide bonds. The summed E-state index contributed by atoms with van der Waals surface area (Å²) in [6.07, 6.45) is -4.98. The van der Waals surface area contributed by atoms with E-state index < -0.39 is 11.7 Å². The minimum atomic E-state index is -4.98. The second-order valence-electron chi connectivity index (χ2n) is 18.7. The lowest BCUT2D eigenvalue weighted by atomic mass is 9.92. The van der Waals surface area contributed by atoms with Gasteiger partial charge in [0.1, 0.15) is 0 Å². The van der Waals surface area contributed by atoms with E-state index in [4.69, 9.17) is 0 Å². The van der Waals surface area contributed by atoms with E-state index >= 15 is 13.2 Å². The summed E-state index contributed by atoms with van der Waals surface area (Å²) in [6.45, 7) is 0. The highest BCUT2D eigenvalue weighted by molar-refractivity contribution is 6.14. The van der Waals surface area contributed by atoms with Gasteiger partial charge in [-0.25, -0.2) is 0 Å². The van der Waals surface area contributed by atoms with Gasteiger partial charge in [-0.3, -0.25) is 0 Å². The van der Waals surface area contributed by atoms with E-state index in [1.807, 2.05) is 137 Å². The Morgan fingerprint density at radius 1 is 0.282 bits per heavy atom. The highest BCUT2D eigenvalue weighted by Crippen LogP contribution is 2.48. The van der Waals surface area contributed by atoms with Gasteiger partial charge in [0.05, 0.1) is 109 Å². The molecule has 10 aromatic carbocycles. The number of fused-ring (bicyclic) bond motifs is 6. The summed E-state index contributed by atoms with van der Waals surface area (Å²) < 4.78 is 52.0. The first-order valence-corrected chi connectivity index (χ1v) is 24.4.